The van der Waals surface area contributed by atoms with Gasteiger partial charge in [0.05, 0.1) is 4.47 Å². The summed E-state index contributed by atoms with van der Waals surface area (Å²) in [5.74, 6) is 2.33. The number of likely N-dealkylation sites (N-methyl/N-ethyl adjacent to an activating group) is 1. The second-order valence-electron chi connectivity index (χ2n) is 9.38. The van der Waals surface area contributed by atoms with E-state index in [2.05, 4.69) is 48.5 Å². The van der Waals surface area contributed by atoms with E-state index in [1.165, 1.54) is 18.4 Å². The Labute approximate surface area is 224 Å². The Bertz CT molecular complexity index is 1410. The molecule has 1 fully saturated rings. The molecule has 37 heavy (non-hydrogen) atoms. The molecule has 0 saturated heterocycles. The number of ether oxygens (including phenoxy) is 1. The number of carbonyl (C=O) groups is 1. The third kappa shape index (κ3) is 6.06. The Morgan fingerprint density at radius 1 is 1.08 bits per heavy atom. The normalized spacial score (nSPS) is 13.1. The van der Waals surface area contributed by atoms with Gasteiger partial charge in [-0.3, -0.25) is 4.79 Å². The van der Waals surface area contributed by atoms with Crippen LogP contribution in [0, 0.1) is 6.92 Å². The third-order valence-corrected chi connectivity index (χ3v) is 6.75. The van der Waals surface area contributed by atoms with E-state index in [0.717, 1.165) is 27.7 Å². The van der Waals surface area contributed by atoms with Gasteiger partial charge in [-0.25, -0.2) is 0 Å². The lowest BCUT2D eigenvalue weighted by atomic mass is 9.94. The van der Waals surface area contributed by atoms with Gasteiger partial charge in [0.1, 0.15) is 12.4 Å². The maximum absolute atomic E-state index is 12.9. The van der Waals surface area contributed by atoms with Gasteiger partial charge in [-0.2, -0.15) is 9.97 Å². The predicted octanol–water partition coefficient (Wildman–Crippen LogP) is 5.94. The van der Waals surface area contributed by atoms with Crippen LogP contribution < -0.4 is 10.1 Å². The fourth-order valence-corrected chi connectivity index (χ4v) is 4.36. The number of hydrogen-bond acceptors (Lipinski definition) is 7. The van der Waals surface area contributed by atoms with Crippen molar-refractivity contribution in [3.05, 3.63) is 76.1 Å². The molecule has 1 aliphatic carbocycles. The van der Waals surface area contributed by atoms with Gasteiger partial charge in [-0.15, -0.1) is 0 Å². The topological polar surface area (TPSA) is 93.4 Å². The molecule has 8 nitrogen and oxygen atoms in total. The first-order valence-electron chi connectivity index (χ1n) is 12.2. The molecule has 0 spiro atoms. The molecule has 2 heterocycles. The Morgan fingerprint density at radius 3 is 2.51 bits per heavy atom. The average molecular weight is 562 g/mol. The summed E-state index contributed by atoms with van der Waals surface area (Å²) in [7, 11) is 3.96. The van der Waals surface area contributed by atoms with E-state index in [1.54, 1.807) is 13.0 Å². The van der Waals surface area contributed by atoms with Crippen molar-refractivity contribution < 1.29 is 14.1 Å². The number of carbonyl (C=O) groups excluding carboxylic acids is 1. The van der Waals surface area contributed by atoms with Crippen LogP contribution in [-0.4, -0.2) is 53.2 Å². The number of aryl methyl sites for hydroxylation is 1. The molecule has 0 bridgehead atoms. The number of anilines is 1. The van der Waals surface area contributed by atoms with Crippen LogP contribution in [0.1, 0.15) is 40.6 Å². The largest absolute Gasteiger partial charge is 0.475 e. The maximum atomic E-state index is 12.9. The Morgan fingerprint density at radius 2 is 1.84 bits per heavy atom. The molecular formula is C28H28BrN5O3. The van der Waals surface area contributed by atoms with E-state index in [1.807, 2.05) is 55.4 Å². The molecule has 0 unspecified atom stereocenters. The highest BCUT2D eigenvalue weighted by atomic mass is 79.9. The third-order valence-electron chi connectivity index (χ3n) is 6.15. The molecule has 0 aliphatic heterocycles. The van der Waals surface area contributed by atoms with Crippen LogP contribution in [0.2, 0.25) is 0 Å². The summed E-state index contributed by atoms with van der Waals surface area (Å²) in [6.07, 6.45) is 2.34. The number of nitrogens with zero attached hydrogens (tertiary/aromatic N) is 4. The highest BCUT2D eigenvalue weighted by molar-refractivity contribution is 9.10. The zero-order valence-corrected chi connectivity index (χ0v) is 22.6. The van der Waals surface area contributed by atoms with Crippen molar-refractivity contribution in [1.82, 2.24) is 20.0 Å². The van der Waals surface area contributed by atoms with Crippen LogP contribution in [0.15, 0.2) is 63.6 Å². The van der Waals surface area contributed by atoms with Crippen LogP contribution in [0.5, 0.6) is 5.88 Å². The Balaban J connectivity index is 1.31. The van der Waals surface area contributed by atoms with E-state index < -0.39 is 0 Å². The van der Waals surface area contributed by atoms with E-state index in [4.69, 9.17) is 9.26 Å². The monoisotopic (exact) mass is 561 g/mol. The van der Waals surface area contributed by atoms with Crippen LogP contribution in [0.4, 0.5) is 5.82 Å². The number of pyridine rings is 1. The minimum absolute atomic E-state index is 0.231. The van der Waals surface area contributed by atoms with Crippen molar-refractivity contribution in [2.75, 3.05) is 32.6 Å². The number of halogens is 1. The number of hydrogen-bond donors (Lipinski definition) is 1. The van der Waals surface area contributed by atoms with Crippen LogP contribution in [0.3, 0.4) is 0 Å². The van der Waals surface area contributed by atoms with Crippen molar-refractivity contribution >= 4 is 27.7 Å². The van der Waals surface area contributed by atoms with Crippen molar-refractivity contribution in [1.29, 1.82) is 0 Å². The van der Waals surface area contributed by atoms with Gasteiger partial charge in [0.2, 0.25) is 17.6 Å². The summed E-state index contributed by atoms with van der Waals surface area (Å²) >= 11 is 3.45. The molecule has 4 aromatic rings. The number of amides is 1. The Kier molecular flexibility index (Phi) is 7.34. The van der Waals surface area contributed by atoms with Crippen molar-refractivity contribution in [3.8, 4) is 28.4 Å². The minimum atomic E-state index is -0.231. The average Bonchev–Trinajstić information content (AvgIpc) is 3.65. The molecule has 0 radical (unpaired) electrons. The van der Waals surface area contributed by atoms with Crippen molar-refractivity contribution in [2.45, 2.75) is 25.7 Å². The summed E-state index contributed by atoms with van der Waals surface area (Å²) in [5, 5.41) is 6.93. The van der Waals surface area contributed by atoms with Crippen LogP contribution in [0.25, 0.3) is 22.5 Å². The van der Waals surface area contributed by atoms with Gasteiger partial charge < -0.3 is 19.5 Å². The van der Waals surface area contributed by atoms with Crippen molar-refractivity contribution in [2.24, 2.45) is 0 Å². The molecular weight excluding hydrogens is 534 g/mol. The number of nitrogens with one attached hydrogen (secondary N) is 1. The fraction of sp³-hybridized carbons (Fsp3) is 0.286. The predicted molar refractivity (Wildman–Crippen MR) is 146 cm³/mol. The smallest absolute Gasteiger partial charge is 0.256 e. The van der Waals surface area contributed by atoms with E-state index in [-0.39, 0.29) is 5.91 Å². The first-order valence-corrected chi connectivity index (χ1v) is 13.0. The van der Waals surface area contributed by atoms with E-state index >= 15 is 0 Å². The summed E-state index contributed by atoms with van der Waals surface area (Å²) in [5.41, 5.74) is 5.00. The zero-order valence-electron chi connectivity index (χ0n) is 21.0. The SMILES string of the molecule is Cc1nc(-c2ccc(-c3ccc(C(=O)Nc4ccc(Br)c(OCCN(C)C)n4)cc3)c(C3CC3)c2)no1. The first-order chi connectivity index (χ1) is 17.9. The lowest BCUT2D eigenvalue weighted by Gasteiger charge is -2.13. The standard InChI is InChI=1S/C28H28BrN5O3/c1-17-30-26(33-37-17)21-10-11-22(23(16-21)19-4-5-19)18-6-8-20(9-7-18)27(35)31-25-13-12-24(29)28(32-25)36-15-14-34(2)3/h6-13,16,19H,4-5,14-15H2,1-3H3,(H,31,32,35). The molecule has 1 N–H and O–H groups in total. The highest BCUT2D eigenvalue weighted by Gasteiger charge is 2.27. The second-order valence-corrected chi connectivity index (χ2v) is 10.2. The zero-order chi connectivity index (χ0) is 25.9. The van der Waals surface area contributed by atoms with Gasteiger partial charge in [0, 0.05) is 24.6 Å². The lowest BCUT2D eigenvalue weighted by Crippen LogP contribution is -2.20. The molecule has 9 heteroatoms. The molecule has 5 rings (SSSR count). The van der Waals surface area contributed by atoms with Gasteiger partial charge >= 0.3 is 0 Å². The molecule has 1 amide bonds. The first kappa shape index (κ1) is 25.1. The number of aromatic nitrogens is 3. The number of benzene rings is 2. The van der Waals surface area contributed by atoms with Gasteiger partial charge in [-0.05, 0) is 95.8 Å². The molecule has 1 aliphatic rings. The maximum Gasteiger partial charge on any atom is 0.256 e. The lowest BCUT2D eigenvalue weighted by molar-refractivity contribution is 0.102. The molecule has 2 aromatic carbocycles. The molecule has 190 valence electrons. The van der Waals surface area contributed by atoms with Gasteiger partial charge in [0.15, 0.2) is 0 Å². The Hall–Kier alpha value is -3.56. The fourth-order valence-electron chi connectivity index (χ4n) is 4.02. The highest BCUT2D eigenvalue weighted by Crippen LogP contribution is 2.45. The number of rotatable bonds is 9. The molecule has 2 aromatic heterocycles. The summed E-state index contributed by atoms with van der Waals surface area (Å²) in [6, 6.07) is 17.5. The summed E-state index contributed by atoms with van der Waals surface area (Å²) in [6.45, 7) is 3.05. The van der Waals surface area contributed by atoms with Crippen molar-refractivity contribution in [3.63, 3.8) is 0 Å². The summed E-state index contributed by atoms with van der Waals surface area (Å²) < 4.78 is 11.6. The quantitative estimate of drug-likeness (QED) is 0.270. The second kappa shape index (κ2) is 10.8. The van der Waals surface area contributed by atoms with E-state index in [9.17, 15) is 4.79 Å². The van der Waals surface area contributed by atoms with Gasteiger partial charge in [0.25, 0.3) is 5.91 Å². The minimum Gasteiger partial charge on any atom is -0.475 e. The van der Waals surface area contributed by atoms with Crippen LogP contribution in [-0.2, 0) is 0 Å². The molecule has 1 saturated carbocycles. The molecule has 0 atom stereocenters. The van der Waals surface area contributed by atoms with E-state index in [0.29, 0.717) is 41.5 Å². The van der Waals surface area contributed by atoms with Crippen LogP contribution >= 0.6 is 15.9 Å². The summed E-state index contributed by atoms with van der Waals surface area (Å²) in [4.78, 5) is 23.7. The van der Waals surface area contributed by atoms with Gasteiger partial charge in [-0.1, -0.05) is 29.4 Å².